The number of ether oxygens (including phenoxy) is 1. The number of H-pyrrole nitrogens is 1. The number of carbonyl (C=O) groups excluding carboxylic acids is 1. The second-order valence-electron chi connectivity index (χ2n) is 4.65. The highest BCUT2D eigenvalue weighted by Gasteiger charge is 2.14. The lowest BCUT2D eigenvalue weighted by Crippen LogP contribution is -2.28. The van der Waals surface area contributed by atoms with Crippen molar-refractivity contribution in [1.82, 2.24) is 10.3 Å². The fourth-order valence-electron chi connectivity index (χ4n) is 2.05. The topological polar surface area (TPSA) is 71.2 Å². The summed E-state index contributed by atoms with van der Waals surface area (Å²) in [6.07, 6.45) is 2.18. The third kappa shape index (κ3) is 3.72. The zero-order chi connectivity index (χ0) is 15.2. The molecule has 0 saturated carbocycles. The van der Waals surface area contributed by atoms with Crippen molar-refractivity contribution in [2.45, 2.75) is 19.4 Å². The van der Waals surface area contributed by atoms with Crippen LogP contribution >= 0.6 is 0 Å². The largest absolute Gasteiger partial charge is 0.497 e. The SMILES string of the molecule is CC[C@@H](NC(=O)c1ccc(=O)[nH]c1)c1ccc(OC)cc1. The van der Waals surface area contributed by atoms with Gasteiger partial charge in [-0.1, -0.05) is 19.1 Å². The van der Waals surface area contributed by atoms with Crippen LogP contribution in [0.2, 0.25) is 0 Å². The molecule has 5 nitrogen and oxygen atoms in total. The molecular weight excluding hydrogens is 268 g/mol. The molecule has 2 N–H and O–H groups in total. The zero-order valence-corrected chi connectivity index (χ0v) is 12.1. The van der Waals surface area contributed by atoms with E-state index in [0.29, 0.717) is 5.56 Å². The van der Waals surface area contributed by atoms with Gasteiger partial charge in [-0.2, -0.15) is 0 Å². The molecule has 0 aliphatic heterocycles. The van der Waals surface area contributed by atoms with Crippen LogP contribution in [0.3, 0.4) is 0 Å². The van der Waals surface area contributed by atoms with Gasteiger partial charge < -0.3 is 15.0 Å². The van der Waals surface area contributed by atoms with Crippen LogP contribution in [0, 0.1) is 0 Å². The van der Waals surface area contributed by atoms with Gasteiger partial charge in [0.2, 0.25) is 5.56 Å². The van der Waals surface area contributed by atoms with E-state index in [2.05, 4.69) is 10.3 Å². The summed E-state index contributed by atoms with van der Waals surface area (Å²) >= 11 is 0. The van der Waals surface area contributed by atoms with E-state index in [4.69, 9.17) is 4.74 Å². The zero-order valence-electron chi connectivity index (χ0n) is 12.1. The standard InChI is InChI=1S/C16H18N2O3/c1-3-14(11-4-7-13(21-2)8-5-11)18-16(20)12-6-9-15(19)17-10-12/h4-10,14H,3H2,1-2H3,(H,17,19)(H,18,20)/t14-/m1/s1. The fourth-order valence-corrected chi connectivity index (χ4v) is 2.05. The molecule has 1 aromatic heterocycles. The van der Waals surface area contributed by atoms with Gasteiger partial charge in [0.25, 0.3) is 5.91 Å². The van der Waals surface area contributed by atoms with Gasteiger partial charge in [0.05, 0.1) is 18.7 Å². The Morgan fingerprint density at radius 3 is 2.48 bits per heavy atom. The first kappa shape index (κ1) is 14.8. The predicted octanol–water partition coefficient (Wildman–Crippen LogP) is 2.26. The van der Waals surface area contributed by atoms with E-state index >= 15 is 0 Å². The minimum atomic E-state index is -0.228. The molecule has 21 heavy (non-hydrogen) atoms. The number of amides is 1. The first-order chi connectivity index (χ1) is 10.1. The normalized spacial score (nSPS) is 11.7. The average Bonchev–Trinajstić information content (AvgIpc) is 2.53. The molecule has 0 radical (unpaired) electrons. The summed E-state index contributed by atoms with van der Waals surface area (Å²) in [5.41, 5.74) is 1.21. The number of aromatic amines is 1. The van der Waals surface area contributed by atoms with Gasteiger partial charge in [-0.05, 0) is 30.2 Å². The molecule has 0 fully saturated rings. The molecule has 2 rings (SSSR count). The van der Waals surface area contributed by atoms with E-state index in [-0.39, 0.29) is 17.5 Å². The van der Waals surface area contributed by atoms with Crippen LogP contribution in [-0.2, 0) is 0 Å². The fraction of sp³-hybridized carbons (Fsp3) is 0.250. The first-order valence-electron chi connectivity index (χ1n) is 6.77. The highest BCUT2D eigenvalue weighted by Crippen LogP contribution is 2.20. The Hall–Kier alpha value is -2.56. The van der Waals surface area contributed by atoms with Crippen LogP contribution in [0.4, 0.5) is 0 Å². The van der Waals surface area contributed by atoms with Crippen molar-refractivity contribution >= 4 is 5.91 Å². The maximum Gasteiger partial charge on any atom is 0.253 e. The number of rotatable bonds is 5. The number of carbonyl (C=O) groups is 1. The van der Waals surface area contributed by atoms with Crippen molar-refractivity contribution in [3.63, 3.8) is 0 Å². The Morgan fingerprint density at radius 2 is 1.95 bits per heavy atom. The monoisotopic (exact) mass is 286 g/mol. The van der Waals surface area contributed by atoms with E-state index in [0.717, 1.165) is 17.7 Å². The molecule has 110 valence electrons. The van der Waals surface area contributed by atoms with E-state index in [1.807, 2.05) is 31.2 Å². The Kier molecular flexibility index (Phi) is 4.77. The maximum atomic E-state index is 12.2. The Morgan fingerprint density at radius 1 is 1.24 bits per heavy atom. The minimum absolute atomic E-state index is 0.0877. The van der Waals surface area contributed by atoms with Gasteiger partial charge in [-0.15, -0.1) is 0 Å². The summed E-state index contributed by atoms with van der Waals surface area (Å²) in [7, 11) is 1.62. The second kappa shape index (κ2) is 6.74. The van der Waals surface area contributed by atoms with Crippen LogP contribution in [0.1, 0.15) is 35.3 Å². The molecule has 0 saturated heterocycles. The molecule has 0 unspecified atom stereocenters. The van der Waals surface area contributed by atoms with Crippen LogP contribution in [-0.4, -0.2) is 18.0 Å². The van der Waals surface area contributed by atoms with Crippen molar-refractivity contribution in [2.24, 2.45) is 0 Å². The Balaban J connectivity index is 2.12. The number of benzene rings is 1. The van der Waals surface area contributed by atoms with E-state index in [9.17, 15) is 9.59 Å². The maximum absolute atomic E-state index is 12.2. The molecule has 5 heteroatoms. The van der Waals surface area contributed by atoms with Crippen molar-refractivity contribution in [2.75, 3.05) is 7.11 Å². The van der Waals surface area contributed by atoms with E-state index in [1.54, 1.807) is 7.11 Å². The first-order valence-corrected chi connectivity index (χ1v) is 6.77. The van der Waals surface area contributed by atoms with Gasteiger partial charge >= 0.3 is 0 Å². The van der Waals surface area contributed by atoms with Crippen LogP contribution in [0.15, 0.2) is 47.4 Å². The van der Waals surface area contributed by atoms with Gasteiger partial charge in [0.1, 0.15) is 5.75 Å². The molecule has 2 aromatic rings. The molecule has 1 atom stereocenters. The van der Waals surface area contributed by atoms with Crippen LogP contribution in [0.5, 0.6) is 5.75 Å². The Labute approximate surface area is 123 Å². The third-order valence-corrected chi connectivity index (χ3v) is 3.28. The van der Waals surface area contributed by atoms with Crippen molar-refractivity contribution < 1.29 is 9.53 Å². The number of aromatic nitrogens is 1. The van der Waals surface area contributed by atoms with Crippen LogP contribution < -0.4 is 15.6 Å². The molecule has 0 aliphatic carbocycles. The van der Waals surface area contributed by atoms with Gasteiger partial charge in [-0.25, -0.2) is 0 Å². The predicted molar refractivity (Wildman–Crippen MR) is 80.6 cm³/mol. The highest BCUT2D eigenvalue weighted by atomic mass is 16.5. The molecule has 0 bridgehead atoms. The van der Waals surface area contributed by atoms with Crippen molar-refractivity contribution in [1.29, 1.82) is 0 Å². The summed E-state index contributed by atoms with van der Waals surface area (Å²) in [5, 5.41) is 2.95. The van der Waals surface area contributed by atoms with E-state index < -0.39 is 0 Å². The Bertz CT molecular complexity index is 641. The third-order valence-electron chi connectivity index (χ3n) is 3.28. The smallest absolute Gasteiger partial charge is 0.253 e. The summed E-state index contributed by atoms with van der Waals surface area (Å²) in [5.74, 6) is 0.564. The number of nitrogens with one attached hydrogen (secondary N) is 2. The quantitative estimate of drug-likeness (QED) is 0.885. The van der Waals surface area contributed by atoms with Gasteiger partial charge in [0, 0.05) is 12.3 Å². The minimum Gasteiger partial charge on any atom is -0.497 e. The van der Waals surface area contributed by atoms with Crippen LogP contribution in [0.25, 0.3) is 0 Å². The lowest BCUT2D eigenvalue weighted by molar-refractivity contribution is 0.0935. The van der Waals surface area contributed by atoms with E-state index in [1.165, 1.54) is 18.3 Å². The summed E-state index contributed by atoms with van der Waals surface area (Å²) in [6, 6.07) is 10.3. The summed E-state index contributed by atoms with van der Waals surface area (Å²) in [4.78, 5) is 25.7. The van der Waals surface area contributed by atoms with Crippen molar-refractivity contribution in [3.05, 3.63) is 64.1 Å². The molecule has 1 aromatic carbocycles. The van der Waals surface area contributed by atoms with Crippen molar-refractivity contribution in [3.8, 4) is 5.75 Å². The van der Waals surface area contributed by atoms with Gasteiger partial charge in [-0.3, -0.25) is 9.59 Å². The highest BCUT2D eigenvalue weighted by molar-refractivity contribution is 5.94. The number of hydrogen-bond donors (Lipinski definition) is 2. The number of methoxy groups -OCH3 is 1. The molecule has 1 amide bonds. The average molecular weight is 286 g/mol. The van der Waals surface area contributed by atoms with Gasteiger partial charge in [0.15, 0.2) is 0 Å². The molecule has 0 aliphatic rings. The molecule has 1 heterocycles. The molecular formula is C16H18N2O3. The molecule has 0 spiro atoms. The lowest BCUT2D eigenvalue weighted by atomic mass is 10.0. The summed E-state index contributed by atoms with van der Waals surface area (Å²) in [6.45, 7) is 2.00. The number of pyridine rings is 1. The second-order valence-corrected chi connectivity index (χ2v) is 4.65. The summed E-state index contributed by atoms with van der Waals surface area (Å²) < 4.78 is 5.12. The lowest BCUT2D eigenvalue weighted by Gasteiger charge is -2.17. The number of hydrogen-bond acceptors (Lipinski definition) is 3.